The summed E-state index contributed by atoms with van der Waals surface area (Å²) in [6, 6.07) is 7.92. The molecule has 1 aliphatic rings. The van der Waals surface area contributed by atoms with Gasteiger partial charge in [-0.1, -0.05) is 24.3 Å². The molecule has 1 aromatic carbocycles. The summed E-state index contributed by atoms with van der Waals surface area (Å²) in [6.07, 6.45) is 0.990. The molecule has 2 aromatic rings. The molecule has 0 atom stereocenters. The molecular formula is C14H13NO2S. The molecule has 1 aliphatic heterocycles. The van der Waals surface area contributed by atoms with Gasteiger partial charge in [0.2, 0.25) is 0 Å². The van der Waals surface area contributed by atoms with Gasteiger partial charge in [0.25, 0.3) is 5.91 Å². The van der Waals surface area contributed by atoms with E-state index in [1.807, 2.05) is 29.6 Å². The lowest BCUT2D eigenvalue weighted by Gasteiger charge is -2.25. The third-order valence-corrected chi connectivity index (χ3v) is 4.31. The van der Waals surface area contributed by atoms with Crippen molar-refractivity contribution in [1.29, 1.82) is 0 Å². The molecule has 0 aliphatic carbocycles. The number of amides is 1. The van der Waals surface area contributed by atoms with Gasteiger partial charge in [-0.2, -0.15) is 0 Å². The molecule has 2 heterocycles. The first-order valence-corrected chi connectivity index (χ1v) is 6.91. The molecule has 1 saturated heterocycles. The second-order valence-electron chi connectivity index (χ2n) is 4.48. The summed E-state index contributed by atoms with van der Waals surface area (Å²) in [6.45, 7) is 1.12. The minimum atomic E-state index is 0.0636. The number of hydrogen-bond acceptors (Lipinski definition) is 3. The van der Waals surface area contributed by atoms with Crippen LogP contribution in [0.15, 0.2) is 29.6 Å². The second-order valence-corrected chi connectivity index (χ2v) is 5.36. The zero-order chi connectivity index (χ0) is 12.5. The monoisotopic (exact) mass is 259 g/mol. The van der Waals surface area contributed by atoms with Gasteiger partial charge in [0.1, 0.15) is 5.78 Å². The Hall–Kier alpha value is -1.68. The number of piperidine rings is 1. The summed E-state index contributed by atoms with van der Waals surface area (Å²) < 4.78 is 0. The van der Waals surface area contributed by atoms with E-state index in [4.69, 9.17) is 0 Å². The van der Waals surface area contributed by atoms with Crippen LogP contribution in [-0.4, -0.2) is 29.7 Å². The summed E-state index contributed by atoms with van der Waals surface area (Å²) in [4.78, 5) is 26.2. The van der Waals surface area contributed by atoms with E-state index in [9.17, 15) is 9.59 Å². The maximum Gasteiger partial charge on any atom is 0.264 e. The molecule has 3 nitrogen and oxygen atoms in total. The fourth-order valence-electron chi connectivity index (χ4n) is 2.26. The number of benzene rings is 1. The van der Waals surface area contributed by atoms with E-state index in [0.717, 1.165) is 15.6 Å². The van der Waals surface area contributed by atoms with Crippen molar-refractivity contribution in [2.75, 3.05) is 13.1 Å². The number of fused-ring (bicyclic) bond motifs is 1. The normalized spacial score (nSPS) is 16.2. The van der Waals surface area contributed by atoms with Crippen LogP contribution in [-0.2, 0) is 4.79 Å². The van der Waals surface area contributed by atoms with E-state index in [1.165, 1.54) is 11.3 Å². The quantitative estimate of drug-likeness (QED) is 0.789. The van der Waals surface area contributed by atoms with Crippen molar-refractivity contribution in [1.82, 2.24) is 4.90 Å². The lowest BCUT2D eigenvalue weighted by atomic mass is 10.1. The van der Waals surface area contributed by atoms with Crippen LogP contribution in [0.5, 0.6) is 0 Å². The summed E-state index contributed by atoms with van der Waals surface area (Å²) in [5, 5.41) is 4.14. The molecule has 3 rings (SSSR count). The number of thiophene rings is 1. The predicted molar refractivity (Wildman–Crippen MR) is 72.0 cm³/mol. The van der Waals surface area contributed by atoms with Gasteiger partial charge in [0, 0.05) is 31.3 Å². The summed E-state index contributed by atoms with van der Waals surface area (Å²) in [7, 11) is 0. The number of rotatable bonds is 1. The van der Waals surface area contributed by atoms with Crippen LogP contribution in [0.25, 0.3) is 10.8 Å². The van der Waals surface area contributed by atoms with E-state index in [1.54, 1.807) is 4.90 Å². The minimum absolute atomic E-state index is 0.0636. The van der Waals surface area contributed by atoms with E-state index in [-0.39, 0.29) is 11.7 Å². The average molecular weight is 259 g/mol. The summed E-state index contributed by atoms with van der Waals surface area (Å²) >= 11 is 1.49. The Morgan fingerprint density at radius 3 is 2.67 bits per heavy atom. The molecule has 0 bridgehead atoms. The Balaban J connectivity index is 1.90. The highest BCUT2D eigenvalue weighted by atomic mass is 32.1. The number of carbonyl (C=O) groups is 2. The van der Waals surface area contributed by atoms with Gasteiger partial charge in [0.15, 0.2) is 0 Å². The van der Waals surface area contributed by atoms with Crippen molar-refractivity contribution in [3.8, 4) is 0 Å². The number of hydrogen-bond donors (Lipinski definition) is 0. The number of Topliss-reactive ketones (excluding diaryl/α,β-unsaturated/α-hetero) is 1. The Morgan fingerprint density at radius 2 is 1.89 bits per heavy atom. The Bertz CT molecular complexity index is 607. The first kappa shape index (κ1) is 11.4. The molecule has 0 radical (unpaired) electrons. The second kappa shape index (κ2) is 4.53. The van der Waals surface area contributed by atoms with Crippen LogP contribution in [0.3, 0.4) is 0 Å². The smallest absolute Gasteiger partial charge is 0.264 e. The third-order valence-electron chi connectivity index (χ3n) is 3.31. The fraction of sp³-hybridized carbons (Fsp3) is 0.286. The third kappa shape index (κ3) is 1.93. The molecular weight excluding hydrogens is 246 g/mol. The Kier molecular flexibility index (Phi) is 2.88. The number of carbonyl (C=O) groups excluding carboxylic acids is 2. The summed E-state index contributed by atoms with van der Waals surface area (Å²) in [5.74, 6) is 0.323. The maximum absolute atomic E-state index is 12.4. The highest BCUT2D eigenvalue weighted by Crippen LogP contribution is 2.27. The number of ketones is 1. The minimum Gasteiger partial charge on any atom is -0.337 e. The molecule has 1 aromatic heterocycles. The molecule has 0 spiro atoms. The molecule has 0 saturated carbocycles. The highest BCUT2D eigenvalue weighted by molar-refractivity contribution is 7.13. The molecule has 1 fully saturated rings. The number of nitrogens with zero attached hydrogens (tertiary/aromatic N) is 1. The van der Waals surface area contributed by atoms with Gasteiger partial charge in [-0.3, -0.25) is 9.59 Å². The zero-order valence-electron chi connectivity index (χ0n) is 9.89. The molecule has 18 heavy (non-hydrogen) atoms. The largest absolute Gasteiger partial charge is 0.337 e. The first-order valence-electron chi connectivity index (χ1n) is 6.03. The molecule has 1 amide bonds. The van der Waals surface area contributed by atoms with E-state index in [0.29, 0.717) is 25.9 Å². The van der Waals surface area contributed by atoms with Crippen molar-refractivity contribution < 1.29 is 9.59 Å². The van der Waals surface area contributed by atoms with Gasteiger partial charge in [-0.25, -0.2) is 0 Å². The van der Waals surface area contributed by atoms with Crippen molar-refractivity contribution in [3.63, 3.8) is 0 Å². The maximum atomic E-state index is 12.4. The lowest BCUT2D eigenvalue weighted by molar-refractivity contribution is -0.120. The van der Waals surface area contributed by atoms with Crippen LogP contribution in [0.4, 0.5) is 0 Å². The predicted octanol–water partition coefficient (Wildman–Crippen LogP) is 2.71. The first-order chi connectivity index (χ1) is 8.75. The van der Waals surface area contributed by atoms with Crippen LogP contribution < -0.4 is 0 Å². The van der Waals surface area contributed by atoms with Crippen LogP contribution in [0, 0.1) is 0 Å². The molecule has 0 unspecified atom stereocenters. The average Bonchev–Trinajstić information content (AvgIpc) is 2.82. The molecule has 4 heteroatoms. The topological polar surface area (TPSA) is 37.4 Å². The van der Waals surface area contributed by atoms with Crippen molar-refractivity contribution in [2.24, 2.45) is 0 Å². The number of likely N-dealkylation sites (tertiary alicyclic amines) is 1. The van der Waals surface area contributed by atoms with Crippen molar-refractivity contribution in [3.05, 3.63) is 34.5 Å². The Labute approximate surface area is 109 Å². The highest BCUT2D eigenvalue weighted by Gasteiger charge is 2.23. The van der Waals surface area contributed by atoms with Gasteiger partial charge in [-0.15, -0.1) is 11.3 Å². The fourth-order valence-corrected chi connectivity index (χ4v) is 3.25. The van der Waals surface area contributed by atoms with Crippen molar-refractivity contribution >= 4 is 33.8 Å². The summed E-state index contributed by atoms with van der Waals surface area (Å²) in [5.41, 5.74) is 0. The van der Waals surface area contributed by atoms with Crippen molar-refractivity contribution in [2.45, 2.75) is 12.8 Å². The van der Waals surface area contributed by atoms with Gasteiger partial charge in [-0.05, 0) is 10.8 Å². The van der Waals surface area contributed by atoms with Crippen LogP contribution in [0.1, 0.15) is 22.5 Å². The standard InChI is InChI=1S/C14H13NO2S/c16-11-5-7-15(8-6-11)14(17)13-12-4-2-1-3-10(12)9-18-13/h1-4,9H,5-8H2. The van der Waals surface area contributed by atoms with Gasteiger partial charge in [0.05, 0.1) is 4.88 Å². The zero-order valence-corrected chi connectivity index (χ0v) is 10.7. The Morgan fingerprint density at radius 1 is 1.17 bits per heavy atom. The lowest BCUT2D eigenvalue weighted by Crippen LogP contribution is -2.38. The van der Waals surface area contributed by atoms with Crippen LogP contribution >= 0.6 is 11.3 Å². The van der Waals surface area contributed by atoms with Gasteiger partial charge >= 0.3 is 0 Å². The molecule has 0 N–H and O–H groups in total. The van der Waals surface area contributed by atoms with E-state index in [2.05, 4.69) is 0 Å². The molecule has 92 valence electrons. The van der Waals surface area contributed by atoms with Gasteiger partial charge < -0.3 is 4.90 Å². The van der Waals surface area contributed by atoms with E-state index < -0.39 is 0 Å². The van der Waals surface area contributed by atoms with E-state index >= 15 is 0 Å². The SMILES string of the molecule is O=C1CCN(C(=O)c2scc3ccccc23)CC1. The van der Waals surface area contributed by atoms with Crippen LogP contribution in [0.2, 0.25) is 0 Å².